The van der Waals surface area contributed by atoms with Crippen LogP contribution in [0.3, 0.4) is 0 Å². The molecule has 1 fully saturated rings. The summed E-state index contributed by atoms with van der Waals surface area (Å²) >= 11 is 0. The summed E-state index contributed by atoms with van der Waals surface area (Å²) in [5.41, 5.74) is 4.89. The van der Waals surface area contributed by atoms with Gasteiger partial charge >= 0.3 is 6.03 Å². The van der Waals surface area contributed by atoms with Crippen molar-refractivity contribution in [2.75, 3.05) is 25.5 Å². The van der Waals surface area contributed by atoms with E-state index in [1.165, 1.54) is 6.20 Å². The van der Waals surface area contributed by atoms with E-state index < -0.39 is 15.9 Å². The molecule has 4 N–H and O–H groups in total. The minimum atomic E-state index is -3.53. The molecule has 3 aliphatic rings. The minimum absolute atomic E-state index is 0.144. The summed E-state index contributed by atoms with van der Waals surface area (Å²) in [5, 5.41) is 16.3. The molecule has 2 aromatic heterocycles. The zero-order valence-corrected chi connectivity index (χ0v) is 19.2. The Hall–Kier alpha value is -2.50. The molecular formula is C21H29N7O3S. The Morgan fingerprint density at radius 3 is 2.97 bits per heavy atom. The quantitative estimate of drug-likeness (QED) is 0.626. The van der Waals surface area contributed by atoms with E-state index in [1.54, 1.807) is 4.68 Å². The van der Waals surface area contributed by atoms with Crippen LogP contribution in [-0.4, -0.2) is 45.2 Å². The number of amides is 2. The first-order valence-electron chi connectivity index (χ1n) is 11.1. The number of nitrogens with two attached hydrogens (primary N) is 1. The standard InChI is InChI=1S/C21H29N7O3S/c1-12-18(14-6-7-14)25-16-5-3-4-15(16)19(12)26-21(29)27-32(22,30)17-9-24-28-10-13(8-23-2)11-31-20(17)28/h9,13-14,23H,3-8,10-11H2,1-2H3,(H3,22,25,26,27,29,30). The van der Waals surface area contributed by atoms with Gasteiger partial charge in [-0.05, 0) is 57.2 Å². The molecule has 0 aromatic carbocycles. The molecular weight excluding hydrogens is 430 g/mol. The maximum atomic E-state index is 13.2. The zero-order chi connectivity index (χ0) is 22.5. The highest BCUT2D eigenvalue weighted by molar-refractivity contribution is 7.91. The molecule has 10 nitrogen and oxygen atoms in total. The number of nitrogens with one attached hydrogen (secondary N) is 2. The lowest BCUT2D eigenvalue weighted by molar-refractivity contribution is 0.159. The van der Waals surface area contributed by atoms with Crippen LogP contribution in [0.25, 0.3) is 0 Å². The molecule has 32 heavy (non-hydrogen) atoms. The highest BCUT2D eigenvalue weighted by Crippen LogP contribution is 2.44. The van der Waals surface area contributed by atoms with Crippen molar-refractivity contribution in [3.05, 3.63) is 28.7 Å². The van der Waals surface area contributed by atoms with E-state index in [0.29, 0.717) is 24.9 Å². The second-order valence-corrected chi connectivity index (χ2v) is 10.6. The summed E-state index contributed by atoms with van der Waals surface area (Å²) in [5.74, 6) is 1.03. The summed E-state index contributed by atoms with van der Waals surface area (Å²) in [4.78, 5) is 17.9. The number of nitrogens with zero attached hydrogens (tertiary/aromatic N) is 4. The summed E-state index contributed by atoms with van der Waals surface area (Å²) in [7, 11) is -1.65. The molecule has 2 atom stereocenters. The third kappa shape index (κ3) is 3.89. The van der Waals surface area contributed by atoms with E-state index in [1.807, 2.05) is 14.0 Å². The Balaban J connectivity index is 1.42. The number of hydrogen-bond donors (Lipinski definition) is 3. The Morgan fingerprint density at radius 2 is 2.22 bits per heavy atom. The van der Waals surface area contributed by atoms with Crippen LogP contribution >= 0.6 is 0 Å². The first-order chi connectivity index (χ1) is 15.4. The van der Waals surface area contributed by atoms with Crippen molar-refractivity contribution in [1.82, 2.24) is 20.1 Å². The van der Waals surface area contributed by atoms with Crippen molar-refractivity contribution in [2.24, 2.45) is 15.4 Å². The van der Waals surface area contributed by atoms with Crippen molar-refractivity contribution in [3.63, 3.8) is 0 Å². The minimum Gasteiger partial charge on any atom is -0.476 e. The molecule has 5 rings (SSSR count). The molecule has 2 amide bonds. The van der Waals surface area contributed by atoms with Gasteiger partial charge in [-0.25, -0.2) is 18.8 Å². The normalized spacial score (nSPS) is 21.3. The first kappa shape index (κ1) is 21.4. The number of fused-ring (bicyclic) bond motifs is 2. The summed E-state index contributed by atoms with van der Waals surface area (Å²) < 4.78 is 24.5. The van der Waals surface area contributed by atoms with E-state index in [0.717, 1.165) is 66.9 Å². The van der Waals surface area contributed by atoms with Crippen LogP contribution in [-0.2, 0) is 29.3 Å². The lowest BCUT2D eigenvalue weighted by Crippen LogP contribution is -2.33. The molecule has 2 aromatic rings. The third-order valence-corrected chi connectivity index (χ3v) is 7.72. The number of aromatic nitrogens is 3. The van der Waals surface area contributed by atoms with Crippen LogP contribution < -0.4 is 20.5 Å². The molecule has 11 heteroatoms. The Kier molecular flexibility index (Phi) is 5.42. The maximum Gasteiger partial charge on any atom is 0.354 e. The van der Waals surface area contributed by atoms with Gasteiger partial charge in [-0.1, -0.05) is 0 Å². The van der Waals surface area contributed by atoms with Crippen molar-refractivity contribution in [2.45, 2.75) is 56.4 Å². The van der Waals surface area contributed by atoms with E-state index in [9.17, 15) is 9.00 Å². The van der Waals surface area contributed by atoms with Gasteiger partial charge in [0.25, 0.3) is 0 Å². The lowest BCUT2D eigenvalue weighted by Gasteiger charge is -2.24. The Labute approximate surface area is 187 Å². The monoisotopic (exact) mass is 459 g/mol. The summed E-state index contributed by atoms with van der Waals surface area (Å²) in [6.45, 7) is 3.83. The number of anilines is 1. The predicted octanol–water partition coefficient (Wildman–Crippen LogP) is 2.11. The van der Waals surface area contributed by atoms with Crippen LogP contribution in [0.4, 0.5) is 10.5 Å². The predicted molar refractivity (Wildman–Crippen MR) is 120 cm³/mol. The van der Waals surface area contributed by atoms with E-state index in [2.05, 4.69) is 20.1 Å². The van der Waals surface area contributed by atoms with Gasteiger partial charge in [-0.2, -0.15) is 5.10 Å². The highest BCUT2D eigenvalue weighted by Gasteiger charge is 2.32. The molecule has 2 aliphatic carbocycles. The third-order valence-electron chi connectivity index (χ3n) is 6.37. The van der Waals surface area contributed by atoms with Gasteiger partial charge in [-0.15, -0.1) is 4.36 Å². The zero-order valence-electron chi connectivity index (χ0n) is 18.4. The number of carbonyl (C=O) groups is 1. The van der Waals surface area contributed by atoms with Crippen LogP contribution in [0.1, 0.15) is 47.7 Å². The summed E-state index contributed by atoms with van der Waals surface area (Å²) in [6, 6.07) is -0.730. The average molecular weight is 460 g/mol. The fourth-order valence-corrected chi connectivity index (χ4v) is 5.67. The van der Waals surface area contributed by atoms with Gasteiger partial charge in [0.05, 0.1) is 25.0 Å². The fourth-order valence-electron chi connectivity index (χ4n) is 4.67. The van der Waals surface area contributed by atoms with Gasteiger partial charge in [-0.3, -0.25) is 4.98 Å². The molecule has 0 radical (unpaired) electrons. The van der Waals surface area contributed by atoms with Crippen LogP contribution in [0.15, 0.2) is 15.5 Å². The molecule has 0 bridgehead atoms. The van der Waals surface area contributed by atoms with Gasteiger partial charge in [0, 0.05) is 29.8 Å². The number of rotatable bonds is 5. The summed E-state index contributed by atoms with van der Waals surface area (Å²) in [6.07, 6.45) is 6.43. The number of urea groups is 1. The number of hydrogen-bond acceptors (Lipinski definition) is 6. The number of pyridine rings is 1. The van der Waals surface area contributed by atoms with E-state index in [4.69, 9.17) is 14.9 Å². The van der Waals surface area contributed by atoms with Crippen molar-refractivity contribution in [1.29, 1.82) is 0 Å². The number of carbonyl (C=O) groups excluding carboxylic acids is 1. The van der Waals surface area contributed by atoms with Gasteiger partial charge in [0.1, 0.15) is 4.90 Å². The van der Waals surface area contributed by atoms with Crippen LogP contribution in [0.2, 0.25) is 0 Å². The smallest absolute Gasteiger partial charge is 0.354 e. The molecule has 1 saturated carbocycles. The number of aryl methyl sites for hydroxylation is 1. The second kappa shape index (κ2) is 8.13. The topological polar surface area (TPSA) is 137 Å². The van der Waals surface area contributed by atoms with Crippen molar-refractivity contribution < 1.29 is 13.7 Å². The van der Waals surface area contributed by atoms with E-state index in [-0.39, 0.29) is 10.8 Å². The maximum absolute atomic E-state index is 13.2. The van der Waals surface area contributed by atoms with E-state index >= 15 is 0 Å². The largest absolute Gasteiger partial charge is 0.476 e. The molecule has 1 aliphatic heterocycles. The fraction of sp³-hybridized carbons (Fsp3) is 0.571. The van der Waals surface area contributed by atoms with Crippen molar-refractivity contribution in [3.8, 4) is 5.88 Å². The lowest BCUT2D eigenvalue weighted by atomic mass is 10.0. The Morgan fingerprint density at radius 1 is 1.41 bits per heavy atom. The SMILES string of the molecule is CNCC1COc2c(S(N)(=O)=NC(=O)Nc3c(C)c(C4CC4)nc4c3CCC4)cnn2C1. The van der Waals surface area contributed by atoms with Gasteiger partial charge < -0.3 is 15.4 Å². The Bertz CT molecular complexity index is 1190. The molecule has 2 unspecified atom stereocenters. The highest BCUT2D eigenvalue weighted by atomic mass is 32.2. The second-order valence-electron chi connectivity index (χ2n) is 8.87. The molecule has 0 spiro atoms. The van der Waals surface area contributed by atoms with Crippen LogP contribution in [0, 0.1) is 12.8 Å². The van der Waals surface area contributed by atoms with Crippen LogP contribution in [0.5, 0.6) is 5.88 Å². The molecule has 0 saturated heterocycles. The first-order valence-corrected chi connectivity index (χ1v) is 12.7. The average Bonchev–Trinajstić information content (AvgIpc) is 3.31. The van der Waals surface area contributed by atoms with Crippen molar-refractivity contribution >= 4 is 21.6 Å². The van der Waals surface area contributed by atoms with Gasteiger partial charge in [0.15, 0.2) is 9.92 Å². The molecule has 172 valence electrons. The van der Waals surface area contributed by atoms with Gasteiger partial charge in [0.2, 0.25) is 5.88 Å². The molecule has 3 heterocycles. The number of ether oxygens (including phenoxy) is 1.